The summed E-state index contributed by atoms with van der Waals surface area (Å²) < 4.78 is 0. The van der Waals surface area contributed by atoms with E-state index in [-0.39, 0.29) is 10.7 Å². The Hall–Kier alpha value is -0.0500. The lowest BCUT2D eigenvalue weighted by Gasteiger charge is -2.23. The van der Waals surface area contributed by atoms with Crippen LogP contribution < -0.4 is 5.32 Å². The molecule has 3 heteroatoms. The van der Waals surface area contributed by atoms with Crippen molar-refractivity contribution in [1.82, 2.24) is 5.32 Å². The number of carbonyl (C=O) groups is 1. The fourth-order valence-electron chi connectivity index (χ4n) is 0.925. The smallest absolute Gasteiger partial charge is 0.234 e. The van der Waals surface area contributed by atoms with Crippen LogP contribution in [0.25, 0.3) is 0 Å². The molecule has 1 rings (SSSR count). The van der Waals surface area contributed by atoms with Gasteiger partial charge in [-0.3, -0.25) is 4.79 Å². The quantitative estimate of drug-likeness (QED) is 0.567. The van der Waals surface area contributed by atoms with Gasteiger partial charge in [-0.2, -0.15) is 0 Å². The predicted molar refractivity (Wildman–Crippen MR) is 39.5 cm³/mol. The van der Waals surface area contributed by atoms with Crippen LogP contribution in [0.3, 0.4) is 0 Å². The molecule has 1 fully saturated rings. The van der Waals surface area contributed by atoms with E-state index in [9.17, 15) is 4.79 Å². The molecule has 1 N–H and O–H groups in total. The Morgan fingerprint density at radius 1 is 1.78 bits per heavy atom. The van der Waals surface area contributed by atoms with Crippen molar-refractivity contribution >= 4 is 21.8 Å². The molecule has 0 spiro atoms. The molecule has 1 saturated heterocycles. The third kappa shape index (κ3) is 1.45. The minimum atomic E-state index is 0.0336. The normalized spacial score (nSPS) is 36.0. The molecule has 1 aliphatic heterocycles. The Morgan fingerprint density at radius 3 is 2.89 bits per heavy atom. The molecule has 0 radical (unpaired) electrons. The molecule has 1 heterocycles. The Balaban J connectivity index is 2.51. The molecule has 52 valence electrons. The first-order valence-electron chi connectivity index (χ1n) is 3.13. The van der Waals surface area contributed by atoms with E-state index >= 15 is 0 Å². The van der Waals surface area contributed by atoms with Gasteiger partial charge >= 0.3 is 0 Å². The molecular weight excluding hydrogens is 182 g/mol. The molecule has 0 saturated carbocycles. The van der Waals surface area contributed by atoms with Crippen molar-refractivity contribution in [2.24, 2.45) is 5.92 Å². The van der Waals surface area contributed by atoms with Crippen LogP contribution in [0.1, 0.15) is 13.3 Å². The van der Waals surface area contributed by atoms with Gasteiger partial charge in [0.25, 0.3) is 0 Å². The molecule has 2 nitrogen and oxygen atoms in total. The molecule has 1 aliphatic rings. The third-order valence-electron chi connectivity index (χ3n) is 1.65. The van der Waals surface area contributed by atoms with Crippen molar-refractivity contribution in [3.63, 3.8) is 0 Å². The first-order valence-corrected chi connectivity index (χ1v) is 4.05. The van der Waals surface area contributed by atoms with Crippen LogP contribution in [0.4, 0.5) is 0 Å². The van der Waals surface area contributed by atoms with Crippen LogP contribution in [-0.2, 0) is 4.79 Å². The Labute approximate surface area is 63.1 Å². The summed E-state index contributed by atoms with van der Waals surface area (Å²) in [5.41, 5.74) is 0. The van der Waals surface area contributed by atoms with Gasteiger partial charge in [-0.15, -0.1) is 0 Å². The van der Waals surface area contributed by atoms with E-state index in [2.05, 4.69) is 28.2 Å². The lowest BCUT2D eigenvalue weighted by atomic mass is 10.0. The Bertz CT molecular complexity index is 126. The SMILES string of the molecule is C[C@H]1CCNC(=O)[C@H]1Br. The van der Waals surface area contributed by atoms with Crippen molar-refractivity contribution in [3.8, 4) is 0 Å². The number of hydrogen-bond donors (Lipinski definition) is 1. The lowest BCUT2D eigenvalue weighted by Crippen LogP contribution is -2.41. The highest BCUT2D eigenvalue weighted by atomic mass is 79.9. The highest BCUT2D eigenvalue weighted by molar-refractivity contribution is 9.10. The summed E-state index contributed by atoms with van der Waals surface area (Å²) in [6.45, 7) is 2.92. The van der Waals surface area contributed by atoms with Crippen LogP contribution in [-0.4, -0.2) is 17.3 Å². The molecule has 0 aromatic heterocycles. The van der Waals surface area contributed by atoms with E-state index in [1.54, 1.807) is 0 Å². The van der Waals surface area contributed by atoms with Gasteiger partial charge in [0.15, 0.2) is 0 Å². The second kappa shape index (κ2) is 2.69. The minimum absolute atomic E-state index is 0.0336. The number of nitrogens with one attached hydrogen (secondary N) is 1. The van der Waals surface area contributed by atoms with Gasteiger partial charge in [0.2, 0.25) is 5.91 Å². The van der Waals surface area contributed by atoms with E-state index in [4.69, 9.17) is 0 Å². The van der Waals surface area contributed by atoms with Crippen molar-refractivity contribution < 1.29 is 4.79 Å². The fraction of sp³-hybridized carbons (Fsp3) is 0.833. The Kier molecular flexibility index (Phi) is 2.11. The van der Waals surface area contributed by atoms with Gasteiger partial charge in [-0.1, -0.05) is 22.9 Å². The van der Waals surface area contributed by atoms with Crippen LogP contribution in [0.15, 0.2) is 0 Å². The first-order chi connectivity index (χ1) is 4.22. The number of carbonyl (C=O) groups excluding carboxylic acids is 1. The summed E-state index contributed by atoms with van der Waals surface area (Å²) in [6, 6.07) is 0. The van der Waals surface area contributed by atoms with Gasteiger partial charge in [-0.25, -0.2) is 0 Å². The van der Waals surface area contributed by atoms with Crippen LogP contribution in [0.2, 0.25) is 0 Å². The average molecular weight is 192 g/mol. The largest absolute Gasteiger partial charge is 0.355 e. The monoisotopic (exact) mass is 191 g/mol. The number of rotatable bonds is 0. The molecule has 0 aromatic rings. The molecule has 0 aliphatic carbocycles. The van der Waals surface area contributed by atoms with Gasteiger partial charge in [-0.05, 0) is 12.3 Å². The number of alkyl halides is 1. The molecule has 0 unspecified atom stereocenters. The topological polar surface area (TPSA) is 29.1 Å². The van der Waals surface area contributed by atoms with Gasteiger partial charge in [0, 0.05) is 6.54 Å². The zero-order valence-corrected chi connectivity index (χ0v) is 6.94. The van der Waals surface area contributed by atoms with E-state index in [1.165, 1.54) is 0 Å². The molecule has 2 atom stereocenters. The van der Waals surface area contributed by atoms with Gasteiger partial charge < -0.3 is 5.32 Å². The standard InChI is InChI=1S/C6H10BrNO/c1-4-2-3-8-6(9)5(4)7/h4-5H,2-3H2,1H3,(H,8,9)/t4-,5-/m0/s1. The molecule has 1 amide bonds. The summed E-state index contributed by atoms with van der Waals surface area (Å²) in [5.74, 6) is 0.618. The number of hydrogen-bond acceptors (Lipinski definition) is 1. The van der Waals surface area contributed by atoms with Crippen molar-refractivity contribution in [2.75, 3.05) is 6.54 Å². The summed E-state index contributed by atoms with van der Waals surface area (Å²) in [7, 11) is 0. The highest BCUT2D eigenvalue weighted by Gasteiger charge is 2.25. The maximum Gasteiger partial charge on any atom is 0.234 e. The minimum Gasteiger partial charge on any atom is -0.355 e. The second-order valence-electron chi connectivity index (χ2n) is 2.46. The number of piperidine rings is 1. The molecule has 0 bridgehead atoms. The first kappa shape index (κ1) is 7.06. The fourth-order valence-corrected chi connectivity index (χ4v) is 1.35. The zero-order valence-electron chi connectivity index (χ0n) is 5.36. The van der Waals surface area contributed by atoms with E-state index in [0.717, 1.165) is 13.0 Å². The summed E-state index contributed by atoms with van der Waals surface area (Å²) in [4.78, 5) is 10.9. The van der Waals surface area contributed by atoms with Gasteiger partial charge in [0.1, 0.15) is 0 Å². The average Bonchev–Trinajstić information content (AvgIpc) is 1.83. The summed E-state index contributed by atoms with van der Waals surface area (Å²) in [6.07, 6.45) is 1.08. The van der Waals surface area contributed by atoms with Crippen molar-refractivity contribution in [3.05, 3.63) is 0 Å². The zero-order chi connectivity index (χ0) is 6.85. The highest BCUT2D eigenvalue weighted by Crippen LogP contribution is 2.18. The lowest BCUT2D eigenvalue weighted by molar-refractivity contribution is -0.122. The van der Waals surface area contributed by atoms with E-state index < -0.39 is 0 Å². The van der Waals surface area contributed by atoms with Gasteiger partial charge in [0.05, 0.1) is 4.83 Å². The van der Waals surface area contributed by atoms with Crippen LogP contribution in [0, 0.1) is 5.92 Å². The van der Waals surface area contributed by atoms with Crippen LogP contribution >= 0.6 is 15.9 Å². The van der Waals surface area contributed by atoms with E-state index in [1.807, 2.05) is 0 Å². The predicted octanol–water partition coefficient (Wildman–Crippen LogP) is 0.906. The maximum atomic E-state index is 10.8. The third-order valence-corrected chi connectivity index (χ3v) is 2.97. The molecular formula is C6H10BrNO. The second-order valence-corrected chi connectivity index (χ2v) is 3.45. The van der Waals surface area contributed by atoms with Crippen LogP contribution in [0.5, 0.6) is 0 Å². The summed E-state index contributed by atoms with van der Waals surface area (Å²) in [5, 5.41) is 2.78. The molecule has 0 aromatic carbocycles. The Morgan fingerprint density at radius 2 is 2.44 bits per heavy atom. The van der Waals surface area contributed by atoms with Crippen molar-refractivity contribution in [1.29, 1.82) is 0 Å². The number of halogens is 1. The van der Waals surface area contributed by atoms with Crippen molar-refractivity contribution in [2.45, 2.75) is 18.2 Å². The maximum absolute atomic E-state index is 10.8. The molecule has 9 heavy (non-hydrogen) atoms. The van der Waals surface area contributed by atoms with E-state index in [0.29, 0.717) is 5.92 Å². The summed E-state index contributed by atoms with van der Waals surface area (Å²) >= 11 is 3.31. The number of amides is 1.